The van der Waals surface area contributed by atoms with Gasteiger partial charge in [0.2, 0.25) is 0 Å². The lowest BCUT2D eigenvalue weighted by atomic mass is 9.95. The average molecular weight is 466 g/mol. The van der Waals surface area contributed by atoms with Crippen LogP contribution in [-0.4, -0.2) is 25.1 Å². The fourth-order valence-electron chi connectivity index (χ4n) is 3.26. The van der Waals surface area contributed by atoms with Crippen LogP contribution in [0.3, 0.4) is 0 Å². The Kier molecular flexibility index (Phi) is 7.13. The topological polar surface area (TPSA) is 64.6 Å². The Hall–Kier alpha value is -1.86. The summed E-state index contributed by atoms with van der Waals surface area (Å²) in [4.78, 5) is 26.1. The standard InChI is InChI=1S/C21H24BrNO4S/c1-3-13-9-10-16(15(22)11-13)27-12-18(24)23-20-19(21(25)26-4-2)14-7-5-6-8-17(14)28-20/h9-11H,3-8,12H2,1-2H3,(H,23,24). The molecule has 28 heavy (non-hydrogen) atoms. The molecule has 5 nitrogen and oxygen atoms in total. The van der Waals surface area contributed by atoms with E-state index in [9.17, 15) is 9.59 Å². The maximum atomic E-state index is 12.5. The van der Waals surface area contributed by atoms with Gasteiger partial charge in [-0.25, -0.2) is 4.79 Å². The summed E-state index contributed by atoms with van der Waals surface area (Å²) in [5.74, 6) is -0.0462. The summed E-state index contributed by atoms with van der Waals surface area (Å²) in [6.07, 6.45) is 4.88. The van der Waals surface area contributed by atoms with Gasteiger partial charge in [-0.05, 0) is 78.2 Å². The first-order chi connectivity index (χ1) is 13.5. The van der Waals surface area contributed by atoms with Crippen LogP contribution in [0, 0.1) is 0 Å². The van der Waals surface area contributed by atoms with Crippen molar-refractivity contribution in [2.24, 2.45) is 0 Å². The van der Waals surface area contributed by atoms with Gasteiger partial charge in [0.25, 0.3) is 5.91 Å². The Labute approximate surface area is 177 Å². The third-order valence-electron chi connectivity index (χ3n) is 4.67. The van der Waals surface area contributed by atoms with Crippen molar-refractivity contribution in [3.05, 3.63) is 44.2 Å². The highest BCUT2D eigenvalue weighted by molar-refractivity contribution is 9.10. The van der Waals surface area contributed by atoms with Crippen LogP contribution in [0.5, 0.6) is 5.75 Å². The lowest BCUT2D eigenvalue weighted by Crippen LogP contribution is -2.21. The molecule has 0 spiro atoms. The monoisotopic (exact) mass is 465 g/mol. The Balaban J connectivity index is 1.71. The van der Waals surface area contributed by atoms with Crippen LogP contribution in [-0.2, 0) is 28.8 Å². The number of nitrogens with one attached hydrogen (secondary N) is 1. The van der Waals surface area contributed by atoms with Gasteiger partial charge in [0.1, 0.15) is 10.8 Å². The summed E-state index contributed by atoms with van der Waals surface area (Å²) < 4.78 is 11.7. The van der Waals surface area contributed by atoms with Crippen LogP contribution in [0.15, 0.2) is 22.7 Å². The summed E-state index contributed by atoms with van der Waals surface area (Å²) in [6, 6.07) is 5.81. The van der Waals surface area contributed by atoms with Crippen molar-refractivity contribution in [3.8, 4) is 5.75 Å². The molecule has 0 atom stereocenters. The predicted molar refractivity (Wildman–Crippen MR) is 115 cm³/mol. The molecule has 1 heterocycles. The molecule has 0 unspecified atom stereocenters. The predicted octanol–water partition coefficient (Wildman–Crippen LogP) is 5.15. The fraction of sp³-hybridized carbons (Fsp3) is 0.429. The molecular weight excluding hydrogens is 442 g/mol. The summed E-state index contributed by atoms with van der Waals surface area (Å²) in [5, 5.41) is 3.43. The first-order valence-corrected chi connectivity index (χ1v) is 11.2. The molecule has 1 aliphatic rings. The highest BCUT2D eigenvalue weighted by Crippen LogP contribution is 2.38. The van der Waals surface area contributed by atoms with Crippen LogP contribution < -0.4 is 10.1 Å². The number of hydrogen-bond acceptors (Lipinski definition) is 5. The second-order valence-electron chi connectivity index (χ2n) is 6.59. The number of thiophene rings is 1. The average Bonchev–Trinajstić information content (AvgIpc) is 3.04. The largest absolute Gasteiger partial charge is 0.483 e. The van der Waals surface area contributed by atoms with Gasteiger partial charge in [0.05, 0.1) is 16.6 Å². The Morgan fingerprint density at radius 1 is 1.21 bits per heavy atom. The van der Waals surface area contributed by atoms with Gasteiger partial charge in [-0.2, -0.15) is 0 Å². The van der Waals surface area contributed by atoms with E-state index in [1.807, 2.05) is 18.2 Å². The minimum Gasteiger partial charge on any atom is -0.483 e. The van der Waals surface area contributed by atoms with Crippen molar-refractivity contribution >= 4 is 44.1 Å². The van der Waals surface area contributed by atoms with Crippen LogP contribution in [0.25, 0.3) is 0 Å². The number of carbonyl (C=O) groups excluding carboxylic acids is 2. The zero-order chi connectivity index (χ0) is 20.1. The SMILES string of the molecule is CCOC(=O)c1c(NC(=O)COc2ccc(CC)cc2Br)sc2c1CCCC2. The molecular formula is C21H24BrNO4S. The zero-order valence-corrected chi connectivity index (χ0v) is 18.5. The first kappa shape index (κ1) is 20.9. The Bertz CT molecular complexity index is 878. The van der Waals surface area contributed by atoms with Crippen molar-refractivity contribution in [2.45, 2.75) is 46.0 Å². The van der Waals surface area contributed by atoms with Gasteiger partial charge in [-0.1, -0.05) is 13.0 Å². The second-order valence-corrected chi connectivity index (χ2v) is 8.55. The summed E-state index contributed by atoms with van der Waals surface area (Å²) in [6.45, 7) is 4.04. The van der Waals surface area contributed by atoms with E-state index >= 15 is 0 Å². The van der Waals surface area contributed by atoms with Gasteiger partial charge >= 0.3 is 5.97 Å². The number of fused-ring (bicyclic) bond motifs is 1. The third kappa shape index (κ3) is 4.75. The lowest BCUT2D eigenvalue weighted by Gasteiger charge is -2.12. The van der Waals surface area contributed by atoms with E-state index in [1.165, 1.54) is 21.8 Å². The van der Waals surface area contributed by atoms with Crippen molar-refractivity contribution in [2.75, 3.05) is 18.5 Å². The van der Waals surface area contributed by atoms with Crippen molar-refractivity contribution in [1.29, 1.82) is 0 Å². The van der Waals surface area contributed by atoms with Crippen LogP contribution >= 0.6 is 27.3 Å². The maximum absolute atomic E-state index is 12.5. The third-order valence-corrected chi connectivity index (χ3v) is 6.49. The molecule has 1 aromatic heterocycles. The minimum absolute atomic E-state index is 0.130. The smallest absolute Gasteiger partial charge is 0.341 e. The molecule has 1 amide bonds. The number of amides is 1. The number of anilines is 1. The van der Waals surface area contributed by atoms with Crippen LogP contribution in [0.4, 0.5) is 5.00 Å². The van der Waals surface area contributed by atoms with E-state index in [0.29, 0.717) is 22.9 Å². The van der Waals surface area contributed by atoms with Crippen molar-refractivity contribution in [1.82, 2.24) is 0 Å². The van der Waals surface area contributed by atoms with Crippen molar-refractivity contribution in [3.63, 3.8) is 0 Å². The quantitative estimate of drug-likeness (QED) is 0.574. The minimum atomic E-state index is -0.365. The summed E-state index contributed by atoms with van der Waals surface area (Å²) in [7, 11) is 0. The van der Waals surface area contributed by atoms with Gasteiger partial charge in [-0.15, -0.1) is 11.3 Å². The number of halogens is 1. The molecule has 1 N–H and O–H groups in total. The molecule has 2 aromatic rings. The molecule has 7 heteroatoms. The first-order valence-electron chi connectivity index (χ1n) is 9.56. The molecule has 150 valence electrons. The normalized spacial score (nSPS) is 13.0. The number of hydrogen-bond donors (Lipinski definition) is 1. The molecule has 0 aliphatic heterocycles. The van der Waals surface area contributed by atoms with Gasteiger partial charge in [-0.3, -0.25) is 4.79 Å². The highest BCUT2D eigenvalue weighted by Gasteiger charge is 2.27. The highest BCUT2D eigenvalue weighted by atomic mass is 79.9. The molecule has 3 rings (SSSR count). The number of rotatable bonds is 7. The number of ether oxygens (including phenoxy) is 2. The molecule has 0 radical (unpaired) electrons. The Morgan fingerprint density at radius 3 is 2.71 bits per heavy atom. The van der Waals surface area contributed by atoms with Gasteiger partial charge in [0.15, 0.2) is 6.61 Å². The van der Waals surface area contributed by atoms with E-state index in [0.717, 1.165) is 42.1 Å². The number of benzene rings is 1. The number of esters is 1. The van der Waals surface area contributed by atoms with Crippen LogP contribution in [0.2, 0.25) is 0 Å². The second kappa shape index (κ2) is 9.56. The van der Waals surface area contributed by atoms with E-state index in [-0.39, 0.29) is 18.5 Å². The number of aryl methyl sites for hydroxylation is 2. The fourth-order valence-corrected chi connectivity index (χ4v) is 5.09. The molecule has 1 aromatic carbocycles. The van der Waals surface area contributed by atoms with E-state index in [2.05, 4.69) is 28.2 Å². The van der Waals surface area contributed by atoms with Crippen LogP contribution in [0.1, 0.15) is 53.1 Å². The van der Waals surface area contributed by atoms with Crippen molar-refractivity contribution < 1.29 is 19.1 Å². The molecule has 0 bridgehead atoms. The molecule has 0 saturated carbocycles. The molecule has 1 aliphatic carbocycles. The zero-order valence-electron chi connectivity index (χ0n) is 16.1. The summed E-state index contributed by atoms with van der Waals surface area (Å²) >= 11 is 4.95. The lowest BCUT2D eigenvalue weighted by molar-refractivity contribution is -0.118. The number of carbonyl (C=O) groups is 2. The van der Waals surface area contributed by atoms with E-state index in [1.54, 1.807) is 6.92 Å². The summed E-state index contributed by atoms with van der Waals surface area (Å²) in [5.41, 5.74) is 2.74. The molecule has 0 fully saturated rings. The Morgan fingerprint density at radius 2 is 2.00 bits per heavy atom. The van der Waals surface area contributed by atoms with Gasteiger partial charge < -0.3 is 14.8 Å². The maximum Gasteiger partial charge on any atom is 0.341 e. The molecule has 0 saturated heterocycles. The van der Waals surface area contributed by atoms with Gasteiger partial charge in [0, 0.05) is 4.88 Å². The van der Waals surface area contributed by atoms with E-state index < -0.39 is 0 Å². The van der Waals surface area contributed by atoms with E-state index in [4.69, 9.17) is 9.47 Å².